The van der Waals surface area contributed by atoms with Gasteiger partial charge in [0.1, 0.15) is 6.29 Å². The standard InChI is InChI=1S/C15H26N2O2/c1-17-10-6-5-9-14(17)15(19)16-13(11-18)12-7-3-2-4-8-12/h11-14H,2-10H2,1H3,(H,16,19)/t13-,14+/m1/s1. The van der Waals surface area contributed by atoms with Crippen LogP contribution in [0, 0.1) is 5.92 Å². The van der Waals surface area contributed by atoms with E-state index in [1.165, 1.54) is 25.7 Å². The van der Waals surface area contributed by atoms with E-state index >= 15 is 0 Å². The fourth-order valence-electron chi connectivity index (χ4n) is 3.42. The second kappa shape index (κ2) is 7.04. The summed E-state index contributed by atoms with van der Waals surface area (Å²) in [6.07, 6.45) is 9.92. The molecule has 108 valence electrons. The van der Waals surface area contributed by atoms with Gasteiger partial charge >= 0.3 is 0 Å². The van der Waals surface area contributed by atoms with Gasteiger partial charge in [0.25, 0.3) is 0 Å². The summed E-state index contributed by atoms with van der Waals surface area (Å²) < 4.78 is 0. The van der Waals surface area contributed by atoms with Crippen molar-refractivity contribution in [2.24, 2.45) is 5.92 Å². The monoisotopic (exact) mass is 266 g/mol. The first-order valence-corrected chi connectivity index (χ1v) is 7.68. The van der Waals surface area contributed by atoms with E-state index in [9.17, 15) is 9.59 Å². The molecule has 1 saturated heterocycles. The van der Waals surface area contributed by atoms with Crippen molar-refractivity contribution in [3.8, 4) is 0 Å². The lowest BCUT2D eigenvalue weighted by molar-refractivity contribution is -0.130. The second-order valence-electron chi connectivity index (χ2n) is 6.06. The number of hydrogen-bond donors (Lipinski definition) is 1. The van der Waals surface area contributed by atoms with Crippen LogP contribution in [-0.2, 0) is 9.59 Å². The third-order valence-electron chi connectivity index (χ3n) is 4.69. The Hall–Kier alpha value is -0.900. The van der Waals surface area contributed by atoms with E-state index in [1.807, 2.05) is 7.05 Å². The average molecular weight is 266 g/mol. The van der Waals surface area contributed by atoms with Crippen molar-refractivity contribution in [3.63, 3.8) is 0 Å². The molecule has 0 unspecified atom stereocenters. The molecule has 2 aliphatic rings. The Morgan fingerprint density at radius 3 is 2.47 bits per heavy atom. The summed E-state index contributed by atoms with van der Waals surface area (Å²) >= 11 is 0. The Labute approximate surface area is 115 Å². The molecule has 2 rings (SSSR count). The van der Waals surface area contributed by atoms with Gasteiger partial charge in [0, 0.05) is 0 Å². The number of piperidine rings is 1. The van der Waals surface area contributed by atoms with E-state index in [0.717, 1.165) is 38.5 Å². The first-order chi connectivity index (χ1) is 9.22. The van der Waals surface area contributed by atoms with Gasteiger partial charge in [0.2, 0.25) is 5.91 Å². The molecule has 1 heterocycles. The Morgan fingerprint density at radius 2 is 1.84 bits per heavy atom. The van der Waals surface area contributed by atoms with Crippen molar-refractivity contribution in [2.75, 3.05) is 13.6 Å². The van der Waals surface area contributed by atoms with Crippen molar-refractivity contribution < 1.29 is 9.59 Å². The fourth-order valence-corrected chi connectivity index (χ4v) is 3.42. The molecule has 2 fully saturated rings. The zero-order valence-corrected chi connectivity index (χ0v) is 11.9. The molecular formula is C15H26N2O2. The molecule has 0 radical (unpaired) electrons. The predicted octanol–water partition coefficient (Wildman–Crippen LogP) is 1.73. The third kappa shape index (κ3) is 3.78. The van der Waals surface area contributed by atoms with Crippen LogP contribution in [0.25, 0.3) is 0 Å². The van der Waals surface area contributed by atoms with Crippen LogP contribution in [0.1, 0.15) is 51.4 Å². The number of amides is 1. The van der Waals surface area contributed by atoms with Gasteiger partial charge in [-0.3, -0.25) is 9.69 Å². The van der Waals surface area contributed by atoms with Crippen molar-refractivity contribution in [1.82, 2.24) is 10.2 Å². The molecule has 19 heavy (non-hydrogen) atoms. The molecule has 0 spiro atoms. The molecule has 1 N–H and O–H groups in total. The Bertz CT molecular complexity index is 313. The van der Waals surface area contributed by atoms with Gasteiger partial charge in [-0.15, -0.1) is 0 Å². The van der Waals surface area contributed by atoms with Crippen LogP contribution >= 0.6 is 0 Å². The topological polar surface area (TPSA) is 49.4 Å². The van der Waals surface area contributed by atoms with Crippen LogP contribution in [0.4, 0.5) is 0 Å². The molecular weight excluding hydrogens is 240 g/mol. The maximum absolute atomic E-state index is 12.3. The molecule has 0 aromatic rings. The Kier molecular flexibility index (Phi) is 5.37. The quantitative estimate of drug-likeness (QED) is 0.788. The number of likely N-dealkylation sites (N-methyl/N-ethyl adjacent to an activating group) is 1. The number of nitrogens with zero attached hydrogens (tertiary/aromatic N) is 1. The maximum Gasteiger partial charge on any atom is 0.237 e. The van der Waals surface area contributed by atoms with Crippen LogP contribution in [0.5, 0.6) is 0 Å². The van der Waals surface area contributed by atoms with E-state index in [4.69, 9.17) is 0 Å². The largest absolute Gasteiger partial charge is 0.345 e. The minimum atomic E-state index is -0.275. The third-order valence-corrected chi connectivity index (χ3v) is 4.69. The molecule has 1 amide bonds. The van der Waals surface area contributed by atoms with Gasteiger partial charge in [-0.25, -0.2) is 0 Å². The highest BCUT2D eigenvalue weighted by molar-refractivity contribution is 5.84. The highest BCUT2D eigenvalue weighted by Crippen LogP contribution is 2.26. The minimum Gasteiger partial charge on any atom is -0.345 e. The van der Waals surface area contributed by atoms with Crippen molar-refractivity contribution in [1.29, 1.82) is 0 Å². The van der Waals surface area contributed by atoms with E-state index in [0.29, 0.717) is 5.92 Å². The van der Waals surface area contributed by atoms with Gasteiger partial charge in [-0.1, -0.05) is 25.7 Å². The van der Waals surface area contributed by atoms with Crippen molar-refractivity contribution in [2.45, 2.75) is 63.5 Å². The van der Waals surface area contributed by atoms with Crippen molar-refractivity contribution >= 4 is 12.2 Å². The number of aldehydes is 1. The first kappa shape index (κ1) is 14.5. The second-order valence-corrected chi connectivity index (χ2v) is 6.06. The Morgan fingerprint density at radius 1 is 1.16 bits per heavy atom. The zero-order valence-electron chi connectivity index (χ0n) is 11.9. The molecule has 1 aliphatic carbocycles. The summed E-state index contributed by atoms with van der Waals surface area (Å²) in [5, 5.41) is 2.99. The lowest BCUT2D eigenvalue weighted by Gasteiger charge is -2.33. The number of hydrogen-bond acceptors (Lipinski definition) is 3. The van der Waals surface area contributed by atoms with E-state index < -0.39 is 0 Å². The van der Waals surface area contributed by atoms with Gasteiger partial charge in [-0.2, -0.15) is 0 Å². The number of carbonyl (C=O) groups is 2. The lowest BCUT2D eigenvalue weighted by atomic mass is 9.84. The molecule has 1 saturated carbocycles. The molecule has 0 aromatic heterocycles. The van der Waals surface area contributed by atoms with Gasteiger partial charge in [0.15, 0.2) is 0 Å². The molecule has 0 bridgehead atoms. The van der Waals surface area contributed by atoms with Crippen LogP contribution in [0.3, 0.4) is 0 Å². The summed E-state index contributed by atoms with van der Waals surface area (Å²) in [7, 11) is 2.00. The molecule has 2 atom stereocenters. The fraction of sp³-hybridized carbons (Fsp3) is 0.867. The number of carbonyl (C=O) groups excluding carboxylic acids is 2. The van der Waals surface area contributed by atoms with E-state index in [1.54, 1.807) is 0 Å². The van der Waals surface area contributed by atoms with E-state index in [2.05, 4.69) is 10.2 Å². The maximum atomic E-state index is 12.3. The summed E-state index contributed by atoms with van der Waals surface area (Å²) in [5.74, 6) is 0.397. The highest BCUT2D eigenvalue weighted by atomic mass is 16.2. The number of likely N-dealkylation sites (tertiary alicyclic amines) is 1. The van der Waals surface area contributed by atoms with Crippen LogP contribution in [-0.4, -0.2) is 42.8 Å². The predicted molar refractivity (Wildman–Crippen MR) is 74.8 cm³/mol. The molecule has 1 aliphatic heterocycles. The number of nitrogens with one attached hydrogen (secondary N) is 1. The lowest BCUT2D eigenvalue weighted by Crippen LogP contribution is -2.52. The van der Waals surface area contributed by atoms with Gasteiger partial charge in [0.05, 0.1) is 12.1 Å². The summed E-state index contributed by atoms with van der Waals surface area (Å²) in [6, 6.07) is -0.317. The summed E-state index contributed by atoms with van der Waals surface area (Å²) in [4.78, 5) is 25.7. The normalized spacial score (nSPS) is 27.7. The van der Waals surface area contributed by atoms with Crippen LogP contribution < -0.4 is 5.32 Å². The molecule has 4 heteroatoms. The summed E-state index contributed by atoms with van der Waals surface area (Å²) in [6.45, 7) is 0.979. The van der Waals surface area contributed by atoms with E-state index in [-0.39, 0.29) is 18.0 Å². The van der Waals surface area contributed by atoms with Crippen LogP contribution in [0.15, 0.2) is 0 Å². The molecule has 0 aromatic carbocycles. The Balaban J connectivity index is 1.89. The van der Waals surface area contributed by atoms with Crippen molar-refractivity contribution in [3.05, 3.63) is 0 Å². The van der Waals surface area contributed by atoms with Gasteiger partial charge < -0.3 is 10.1 Å². The smallest absolute Gasteiger partial charge is 0.237 e. The average Bonchev–Trinajstić information content (AvgIpc) is 2.46. The highest BCUT2D eigenvalue weighted by Gasteiger charge is 2.30. The summed E-state index contributed by atoms with van der Waals surface area (Å²) in [5.41, 5.74) is 0. The molecule has 4 nitrogen and oxygen atoms in total. The minimum absolute atomic E-state index is 0.0419. The number of rotatable bonds is 4. The van der Waals surface area contributed by atoms with Crippen LogP contribution in [0.2, 0.25) is 0 Å². The van der Waals surface area contributed by atoms with Gasteiger partial charge in [-0.05, 0) is 45.2 Å². The SMILES string of the molecule is CN1CCCC[C@H]1C(=O)N[C@H](C=O)C1CCCCC1. The zero-order chi connectivity index (χ0) is 13.7. The first-order valence-electron chi connectivity index (χ1n) is 7.68.